The van der Waals surface area contributed by atoms with Gasteiger partial charge in [0.25, 0.3) is 5.56 Å². The summed E-state index contributed by atoms with van der Waals surface area (Å²) in [4.78, 5) is 25.2. The lowest BCUT2D eigenvalue weighted by Gasteiger charge is -2.13. The Bertz CT molecular complexity index is 1180. The van der Waals surface area contributed by atoms with E-state index in [1.54, 1.807) is 19.1 Å². The normalized spacial score (nSPS) is 14.5. The van der Waals surface area contributed by atoms with Crippen molar-refractivity contribution in [2.75, 3.05) is 33.3 Å². The summed E-state index contributed by atoms with van der Waals surface area (Å²) in [6, 6.07) is 5.29. The summed E-state index contributed by atoms with van der Waals surface area (Å²) in [6.45, 7) is 1.81. The molecule has 0 aliphatic heterocycles. The maximum absolute atomic E-state index is 13.0. The molecule has 0 bridgehead atoms. The second-order valence-electron chi connectivity index (χ2n) is 6.59. The monoisotopic (exact) mass is 445 g/mol. The highest BCUT2D eigenvalue weighted by Gasteiger charge is 2.29. The third kappa shape index (κ3) is 4.51. The zero-order chi connectivity index (χ0) is 22.5. The number of hydrogen-bond acceptors (Lipinski definition) is 9. The zero-order valence-electron chi connectivity index (χ0n) is 17.7. The molecule has 0 atom stereocenters. The van der Waals surface area contributed by atoms with Crippen LogP contribution in [0.1, 0.15) is 25.8 Å². The molecule has 1 heterocycles. The third-order valence-corrected chi connectivity index (χ3v) is 5.71. The smallest absolute Gasteiger partial charge is 0.351 e. The molecule has 31 heavy (non-hydrogen) atoms. The van der Waals surface area contributed by atoms with Crippen molar-refractivity contribution in [3.8, 4) is 23.3 Å². The van der Waals surface area contributed by atoms with Crippen LogP contribution in [0.5, 0.6) is 17.2 Å². The lowest BCUT2D eigenvalue weighted by atomic mass is 10.2. The van der Waals surface area contributed by atoms with E-state index in [4.69, 9.17) is 18.9 Å². The molecule has 9 nitrogen and oxygen atoms in total. The summed E-state index contributed by atoms with van der Waals surface area (Å²) in [7, 11) is 4.54. The molecule has 1 fully saturated rings. The Labute approximate surface area is 182 Å². The van der Waals surface area contributed by atoms with Gasteiger partial charge in [0.15, 0.2) is 17.1 Å². The number of aromatic nitrogens is 1. The predicted octanol–water partition coefficient (Wildman–Crippen LogP) is 1.36. The molecule has 1 aliphatic carbocycles. The van der Waals surface area contributed by atoms with E-state index in [0.29, 0.717) is 32.1 Å². The van der Waals surface area contributed by atoms with Gasteiger partial charge in [-0.1, -0.05) is 0 Å². The third-order valence-electron chi connectivity index (χ3n) is 4.61. The van der Waals surface area contributed by atoms with Crippen LogP contribution in [0.4, 0.5) is 5.69 Å². The SMILES string of the molecule is CCOC(=O)/C(C#N)=c1\s/c(=C\Nc2cc(OC)c(OC)c(OC)c2)c(=O)n1C1CC1. The average Bonchev–Trinajstić information content (AvgIpc) is 3.56. The Kier molecular flexibility index (Phi) is 6.87. The summed E-state index contributed by atoms with van der Waals surface area (Å²) in [5, 5.41) is 12.6. The van der Waals surface area contributed by atoms with Crippen LogP contribution in [-0.4, -0.2) is 38.5 Å². The molecule has 1 aliphatic rings. The fourth-order valence-electron chi connectivity index (χ4n) is 3.03. The van der Waals surface area contributed by atoms with Crippen molar-refractivity contribution in [3.63, 3.8) is 0 Å². The number of ether oxygens (including phenoxy) is 4. The van der Waals surface area contributed by atoms with Crippen LogP contribution in [0, 0.1) is 11.3 Å². The molecule has 2 aromatic rings. The quantitative estimate of drug-likeness (QED) is 0.606. The Morgan fingerprint density at radius 1 is 1.26 bits per heavy atom. The fourth-order valence-corrected chi connectivity index (χ4v) is 4.11. The molecule has 0 spiro atoms. The largest absolute Gasteiger partial charge is 0.493 e. The van der Waals surface area contributed by atoms with E-state index in [0.717, 1.165) is 24.2 Å². The zero-order valence-corrected chi connectivity index (χ0v) is 18.5. The molecule has 0 amide bonds. The van der Waals surface area contributed by atoms with Gasteiger partial charge in [0, 0.05) is 30.1 Å². The summed E-state index contributed by atoms with van der Waals surface area (Å²) in [5.74, 6) is 0.641. The van der Waals surface area contributed by atoms with E-state index in [-0.39, 0.29) is 23.8 Å². The van der Waals surface area contributed by atoms with Crippen molar-refractivity contribution >= 4 is 34.8 Å². The number of hydrogen-bond donors (Lipinski definition) is 1. The first-order valence-electron chi connectivity index (χ1n) is 9.58. The number of anilines is 1. The molecular weight excluding hydrogens is 422 g/mol. The number of rotatable bonds is 8. The molecule has 1 aromatic carbocycles. The first-order chi connectivity index (χ1) is 15.0. The average molecular weight is 445 g/mol. The van der Waals surface area contributed by atoms with E-state index in [1.165, 1.54) is 32.1 Å². The van der Waals surface area contributed by atoms with Gasteiger partial charge in [0.1, 0.15) is 15.3 Å². The Morgan fingerprint density at radius 2 is 1.90 bits per heavy atom. The maximum Gasteiger partial charge on any atom is 0.351 e. The molecular formula is C21H23N3O6S. The summed E-state index contributed by atoms with van der Waals surface area (Å²) < 4.78 is 23.2. The summed E-state index contributed by atoms with van der Waals surface area (Å²) in [5.41, 5.74) is 0.180. The van der Waals surface area contributed by atoms with Crippen molar-refractivity contribution < 1.29 is 23.7 Å². The molecule has 0 radical (unpaired) electrons. The van der Waals surface area contributed by atoms with Crippen LogP contribution < -0.4 is 34.3 Å². The number of nitrogens with one attached hydrogen (secondary N) is 1. The van der Waals surface area contributed by atoms with Gasteiger partial charge < -0.3 is 24.3 Å². The highest BCUT2D eigenvalue weighted by molar-refractivity contribution is 7.07. The second-order valence-corrected chi connectivity index (χ2v) is 7.62. The number of benzene rings is 1. The van der Waals surface area contributed by atoms with Gasteiger partial charge in [-0.3, -0.25) is 9.36 Å². The van der Waals surface area contributed by atoms with Gasteiger partial charge in [-0.05, 0) is 19.8 Å². The first-order valence-corrected chi connectivity index (χ1v) is 10.4. The lowest BCUT2D eigenvalue weighted by molar-refractivity contribution is -0.136. The number of carbonyl (C=O) groups is 1. The molecule has 1 N–H and O–H groups in total. The van der Waals surface area contributed by atoms with E-state index in [1.807, 2.05) is 6.07 Å². The number of thiazole rings is 1. The lowest BCUT2D eigenvalue weighted by Crippen LogP contribution is -2.32. The summed E-state index contributed by atoms with van der Waals surface area (Å²) >= 11 is 1.07. The number of esters is 1. The second kappa shape index (κ2) is 9.57. The van der Waals surface area contributed by atoms with E-state index in [9.17, 15) is 14.9 Å². The van der Waals surface area contributed by atoms with Gasteiger partial charge in [-0.25, -0.2) is 4.79 Å². The standard InChI is InChI=1S/C21H23N3O6S/c1-5-30-21(26)14(10-22)20-24(13-6-7-13)19(25)17(31-20)11-23-12-8-15(27-2)18(29-4)16(9-12)28-3/h8-9,11,13,23H,5-7H2,1-4H3/b17-11-,20-14-. The molecule has 0 unspecified atom stereocenters. The van der Waals surface area contributed by atoms with Gasteiger partial charge in [-0.2, -0.15) is 5.26 Å². The topological polar surface area (TPSA) is 112 Å². The minimum atomic E-state index is -0.732. The minimum absolute atomic E-state index is 0.0140. The number of nitriles is 1. The van der Waals surface area contributed by atoms with Crippen molar-refractivity contribution in [1.29, 1.82) is 5.26 Å². The number of carbonyl (C=O) groups excluding carboxylic acids is 1. The molecule has 3 rings (SSSR count). The van der Waals surface area contributed by atoms with Crippen LogP contribution in [0.25, 0.3) is 11.8 Å². The molecule has 1 aromatic heterocycles. The minimum Gasteiger partial charge on any atom is -0.493 e. The molecule has 0 saturated heterocycles. The Morgan fingerprint density at radius 3 is 2.39 bits per heavy atom. The number of nitrogens with zero attached hydrogens (tertiary/aromatic N) is 2. The van der Waals surface area contributed by atoms with Crippen molar-refractivity contribution in [3.05, 3.63) is 31.7 Å². The predicted molar refractivity (Wildman–Crippen MR) is 116 cm³/mol. The highest BCUT2D eigenvalue weighted by atomic mass is 32.1. The molecule has 164 valence electrons. The number of methoxy groups -OCH3 is 3. The van der Waals surface area contributed by atoms with Gasteiger partial charge in [0.05, 0.1) is 27.9 Å². The first kappa shape index (κ1) is 22.2. The fraction of sp³-hybridized carbons (Fsp3) is 0.381. The Hall–Kier alpha value is -3.45. The van der Waals surface area contributed by atoms with Crippen LogP contribution in [0.15, 0.2) is 16.9 Å². The van der Waals surface area contributed by atoms with Crippen LogP contribution >= 0.6 is 11.3 Å². The van der Waals surface area contributed by atoms with Gasteiger partial charge >= 0.3 is 5.97 Å². The van der Waals surface area contributed by atoms with Crippen LogP contribution in [0.3, 0.4) is 0 Å². The van der Waals surface area contributed by atoms with E-state index >= 15 is 0 Å². The van der Waals surface area contributed by atoms with Crippen molar-refractivity contribution in [2.24, 2.45) is 0 Å². The van der Waals surface area contributed by atoms with Crippen molar-refractivity contribution in [2.45, 2.75) is 25.8 Å². The van der Waals surface area contributed by atoms with Gasteiger partial charge in [0.2, 0.25) is 5.75 Å². The Balaban J connectivity index is 2.10. The van der Waals surface area contributed by atoms with Gasteiger partial charge in [-0.15, -0.1) is 11.3 Å². The van der Waals surface area contributed by atoms with E-state index in [2.05, 4.69) is 5.32 Å². The van der Waals surface area contributed by atoms with Crippen LogP contribution in [-0.2, 0) is 9.53 Å². The van der Waals surface area contributed by atoms with E-state index < -0.39 is 5.97 Å². The van der Waals surface area contributed by atoms with Crippen molar-refractivity contribution in [1.82, 2.24) is 4.57 Å². The maximum atomic E-state index is 13.0. The molecule has 10 heteroatoms. The summed E-state index contributed by atoms with van der Waals surface area (Å²) in [6.07, 6.45) is 3.19. The highest BCUT2D eigenvalue weighted by Crippen LogP contribution is 2.39. The molecule has 1 saturated carbocycles. The van der Waals surface area contributed by atoms with Crippen LogP contribution in [0.2, 0.25) is 0 Å².